The van der Waals surface area contributed by atoms with E-state index in [1.807, 2.05) is 0 Å². The van der Waals surface area contributed by atoms with Crippen LogP contribution in [0.3, 0.4) is 0 Å². The summed E-state index contributed by atoms with van der Waals surface area (Å²) in [7, 11) is 0.912. The van der Waals surface area contributed by atoms with Crippen molar-refractivity contribution in [3.8, 4) is 0 Å². The standard InChI is InChI=1S/C12H22N2O5S/c1-14(2)20(16,17)12-5-4-11(19-12)8-13-7-6-10(15)9-18-3/h4-5,10,13,15H,6-9H2,1-3H3. The van der Waals surface area contributed by atoms with Crippen molar-refractivity contribution < 1.29 is 22.7 Å². The zero-order valence-corrected chi connectivity index (χ0v) is 12.8. The first-order chi connectivity index (χ1) is 9.37. The van der Waals surface area contributed by atoms with Gasteiger partial charge in [-0.1, -0.05) is 0 Å². The summed E-state index contributed by atoms with van der Waals surface area (Å²) >= 11 is 0. The lowest BCUT2D eigenvalue weighted by atomic mass is 10.2. The molecule has 0 saturated heterocycles. The van der Waals surface area contributed by atoms with Crippen molar-refractivity contribution in [1.29, 1.82) is 0 Å². The van der Waals surface area contributed by atoms with Crippen LogP contribution in [0.5, 0.6) is 0 Å². The molecule has 20 heavy (non-hydrogen) atoms. The minimum atomic E-state index is -3.53. The molecule has 0 fully saturated rings. The quantitative estimate of drug-likeness (QED) is 0.625. The third kappa shape index (κ3) is 4.88. The van der Waals surface area contributed by atoms with E-state index < -0.39 is 16.1 Å². The Morgan fingerprint density at radius 1 is 1.45 bits per heavy atom. The molecule has 0 aliphatic carbocycles. The van der Waals surface area contributed by atoms with Crippen molar-refractivity contribution in [2.75, 3.05) is 34.4 Å². The summed E-state index contributed by atoms with van der Waals surface area (Å²) in [5.74, 6) is 0.534. The molecule has 1 aromatic heterocycles. The Balaban J connectivity index is 2.42. The first-order valence-electron chi connectivity index (χ1n) is 6.27. The molecule has 1 rings (SSSR count). The molecule has 0 bridgehead atoms. The molecule has 116 valence electrons. The molecule has 0 spiro atoms. The van der Waals surface area contributed by atoms with Crippen molar-refractivity contribution in [2.24, 2.45) is 0 Å². The van der Waals surface area contributed by atoms with Crippen LogP contribution in [0.15, 0.2) is 21.6 Å². The van der Waals surface area contributed by atoms with Crippen molar-refractivity contribution in [3.63, 3.8) is 0 Å². The first-order valence-corrected chi connectivity index (χ1v) is 7.71. The summed E-state index contributed by atoms with van der Waals surface area (Å²) in [5.41, 5.74) is 0. The summed E-state index contributed by atoms with van der Waals surface area (Å²) < 4.78 is 34.8. The highest BCUT2D eigenvalue weighted by Gasteiger charge is 2.21. The SMILES string of the molecule is COCC(O)CCNCc1ccc(S(=O)(=O)N(C)C)o1. The van der Waals surface area contributed by atoms with Crippen LogP contribution in [0.2, 0.25) is 0 Å². The summed E-state index contributed by atoms with van der Waals surface area (Å²) in [6.07, 6.45) is 0.0472. The van der Waals surface area contributed by atoms with E-state index in [0.717, 1.165) is 4.31 Å². The molecule has 1 atom stereocenters. The maximum atomic E-state index is 11.8. The predicted octanol–water partition coefficient (Wildman–Crippen LogP) is 0.0169. The van der Waals surface area contributed by atoms with E-state index in [1.54, 1.807) is 6.07 Å². The second-order valence-electron chi connectivity index (χ2n) is 4.58. The number of methoxy groups -OCH3 is 1. The molecule has 1 aromatic rings. The van der Waals surface area contributed by atoms with Crippen molar-refractivity contribution in [2.45, 2.75) is 24.2 Å². The van der Waals surface area contributed by atoms with Crippen LogP contribution in [0.1, 0.15) is 12.2 Å². The molecule has 0 radical (unpaired) electrons. The third-order valence-corrected chi connectivity index (χ3v) is 4.37. The molecule has 7 nitrogen and oxygen atoms in total. The molecule has 0 aromatic carbocycles. The van der Waals surface area contributed by atoms with E-state index >= 15 is 0 Å². The second kappa shape index (κ2) is 7.75. The van der Waals surface area contributed by atoms with Gasteiger partial charge in [-0.05, 0) is 25.1 Å². The van der Waals surface area contributed by atoms with Crippen molar-refractivity contribution >= 4 is 10.0 Å². The minimum Gasteiger partial charge on any atom is -0.447 e. The second-order valence-corrected chi connectivity index (χ2v) is 6.67. The van der Waals surface area contributed by atoms with Gasteiger partial charge in [-0.2, -0.15) is 0 Å². The number of aliphatic hydroxyl groups is 1. The molecule has 2 N–H and O–H groups in total. The lowest BCUT2D eigenvalue weighted by molar-refractivity contribution is 0.0593. The van der Waals surface area contributed by atoms with Gasteiger partial charge in [0.1, 0.15) is 5.76 Å². The molecular weight excluding hydrogens is 284 g/mol. The van der Waals surface area contributed by atoms with Crippen LogP contribution < -0.4 is 5.32 Å². The lowest BCUT2D eigenvalue weighted by Crippen LogP contribution is -2.23. The average molecular weight is 306 g/mol. The summed E-state index contributed by atoms with van der Waals surface area (Å²) in [4.78, 5) is 0. The fourth-order valence-electron chi connectivity index (χ4n) is 1.53. The Morgan fingerprint density at radius 2 is 2.15 bits per heavy atom. The summed E-state index contributed by atoms with van der Waals surface area (Å²) in [6, 6.07) is 3.06. The van der Waals surface area contributed by atoms with E-state index in [4.69, 9.17) is 9.15 Å². The molecule has 1 unspecified atom stereocenters. The van der Waals surface area contributed by atoms with Crippen LogP contribution in [0.25, 0.3) is 0 Å². The van der Waals surface area contributed by atoms with Gasteiger partial charge in [-0.15, -0.1) is 0 Å². The average Bonchev–Trinajstić information content (AvgIpc) is 2.84. The number of ether oxygens (including phenoxy) is 1. The van der Waals surface area contributed by atoms with Crippen LogP contribution in [-0.2, 0) is 21.3 Å². The topological polar surface area (TPSA) is 92.0 Å². The van der Waals surface area contributed by atoms with Crippen LogP contribution in [0.4, 0.5) is 0 Å². The van der Waals surface area contributed by atoms with E-state index in [9.17, 15) is 13.5 Å². The normalized spacial score (nSPS) is 13.8. The number of sulfonamides is 1. The largest absolute Gasteiger partial charge is 0.447 e. The Hall–Kier alpha value is -0.930. The molecule has 1 heterocycles. The highest BCUT2D eigenvalue weighted by molar-refractivity contribution is 7.88. The minimum absolute atomic E-state index is 0.0706. The molecule has 0 amide bonds. The fraction of sp³-hybridized carbons (Fsp3) is 0.667. The van der Waals surface area contributed by atoms with Gasteiger partial charge in [0.15, 0.2) is 0 Å². The molecule has 8 heteroatoms. The zero-order chi connectivity index (χ0) is 15.2. The Labute approximate surface area is 119 Å². The lowest BCUT2D eigenvalue weighted by Gasteiger charge is -2.09. The highest BCUT2D eigenvalue weighted by atomic mass is 32.2. The van der Waals surface area contributed by atoms with Crippen LogP contribution >= 0.6 is 0 Å². The van der Waals surface area contributed by atoms with E-state index in [0.29, 0.717) is 31.9 Å². The van der Waals surface area contributed by atoms with Crippen molar-refractivity contribution in [1.82, 2.24) is 9.62 Å². The molecule has 0 aliphatic rings. The van der Waals surface area contributed by atoms with Gasteiger partial charge >= 0.3 is 0 Å². The number of aliphatic hydroxyl groups excluding tert-OH is 1. The fourth-order valence-corrected chi connectivity index (χ4v) is 2.34. The Morgan fingerprint density at radius 3 is 2.75 bits per heavy atom. The van der Waals surface area contributed by atoms with Gasteiger partial charge in [0.05, 0.1) is 19.3 Å². The van der Waals surface area contributed by atoms with Gasteiger partial charge < -0.3 is 19.6 Å². The maximum absolute atomic E-state index is 11.8. The van der Waals surface area contributed by atoms with Gasteiger partial charge in [-0.25, -0.2) is 12.7 Å². The van der Waals surface area contributed by atoms with Crippen molar-refractivity contribution in [3.05, 3.63) is 17.9 Å². The molecule has 0 saturated carbocycles. The van der Waals surface area contributed by atoms with E-state index in [1.165, 1.54) is 27.3 Å². The van der Waals surface area contributed by atoms with E-state index in [-0.39, 0.29) is 5.09 Å². The number of nitrogens with zero attached hydrogens (tertiary/aromatic N) is 1. The zero-order valence-electron chi connectivity index (χ0n) is 12.0. The summed E-state index contributed by atoms with van der Waals surface area (Å²) in [5, 5.41) is 12.4. The molecular formula is C12H22N2O5S. The van der Waals surface area contributed by atoms with E-state index in [2.05, 4.69) is 5.32 Å². The number of hydrogen-bond donors (Lipinski definition) is 2. The van der Waals surface area contributed by atoms with Gasteiger partial charge in [-0.3, -0.25) is 0 Å². The highest BCUT2D eigenvalue weighted by Crippen LogP contribution is 2.16. The summed E-state index contributed by atoms with van der Waals surface area (Å²) in [6.45, 7) is 1.29. The maximum Gasteiger partial charge on any atom is 0.275 e. The number of rotatable bonds is 9. The Kier molecular flexibility index (Phi) is 6.63. The monoisotopic (exact) mass is 306 g/mol. The third-order valence-electron chi connectivity index (χ3n) is 2.68. The van der Waals surface area contributed by atoms with Gasteiger partial charge in [0, 0.05) is 21.2 Å². The molecule has 0 aliphatic heterocycles. The Bertz CT molecular complexity index is 498. The number of furan rings is 1. The number of hydrogen-bond acceptors (Lipinski definition) is 6. The predicted molar refractivity (Wildman–Crippen MR) is 73.8 cm³/mol. The van der Waals surface area contributed by atoms with Crippen LogP contribution in [0, 0.1) is 0 Å². The smallest absolute Gasteiger partial charge is 0.275 e. The van der Waals surface area contributed by atoms with Crippen LogP contribution in [-0.4, -0.2) is 58.3 Å². The van der Waals surface area contributed by atoms with Gasteiger partial charge in [0.2, 0.25) is 5.09 Å². The number of nitrogens with one attached hydrogen (secondary N) is 1. The first kappa shape index (κ1) is 17.1. The van der Waals surface area contributed by atoms with Gasteiger partial charge in [0.25, 0.3) is 10.0 Å².